The van der Waals surface area contributed by atoms with Gasteiger partial charge < -0.3 is 4.74 Å². The van der Waals surface area contributed by atoms with Crippen LogP contribution in [0.1, 0.15) is 27.2 Å². The molecule has 31 heavy (non-hydrogen) atoms. The lowest BCUT2D eigenvalue weighted by Gasteiger charge is -2.26. The minimum atomic E-state index is -0.639. The van der Waals surface area contributed by atoms with Gasteiger partial charge in [-0.3, -0.25) is 19.9 Å². The van der Waals surface area contributed by atoms with Gasteiger partial charge in [-0.2, -0.15) is 0 Å². The second kappa shape index (κ2) is 10.0. The first-order valence-electron chi connectivity index (χ1n) is 10.1. The van der Waals surface area contributed by atoms with E-state index in [1.807, 2.05) is 30.3 Å². The Kier molecular flexibility index (Phi) is 6.70. The lowest BCUT2D eigenvalue weighted by molar-refractivity contribution is 0.0342. The summed E-state index contributed by atoms with van der Waals surface area (Å²) >= 11 is 0. The van der Waals surface area contributed by atoms with Crippen molar-refractivity contribution in [1.29, 1.82) is 0 Å². The third kappa shape index (κ3) is 5.56. The standard InChI is InChI=1S/C25H23N3O3/c29-25(27-30)24-17-23(11-12-26-24)22-9-7-20(8-10-22)2-1-19-3-5-21(6-4-19)18-28-13-15-31-16-14-28/h3-12,17,30H,13-16,18H2,(H,27,29). The fourth-order valence-corrected chi connectivity index (χ4v) is 3.39. The van der Waals surface area contributed by atoms with Gasteiger partial charge in [0.05, 0.1) is 13.2 Å². The Morgan fingerprint density at radius 3 is 2.26 bits per heavy atom. The van der Waals surface area contributed by atoms with Crippen molar-refractivity contribution in [2.75, 3.05) is 26.3 Å². The van der Waals surface area contributed by atoms with E-state index in [0.29, 0.717) is 0 Å². The number of carbonyl (C=O) groups excluding carboxylic acids is 1. The molecule has 6 nitrogen and oxygen atoms in total. The van der Waals surface area contributed by atoms with Crippen molar-refractivity contribution in [2.24, 2.45) is 0 Å². The van der Waals surface area contributed by atoms with Crippen molar-refractivity contribution < 1.29 is 14.7 Å². The van der Waals surface area contributed by atoms with E-state index in [9.17, 15) is 4.79 Å². The summed E-state index contributed by atoms with van der Waals surface area (Å²) < 4.78 is 5.39. The van der Waals surface area contributed by atoms with Gasteiger partial charge in [0.15, 0.2) is 0 Å². The molecule has 6 heteroatoms. The third-order valence-electron chi connectivity index (χ3n) is 5.13. The Morgan fingerprint density at radius 1 is 0.968 bits per heavy atom. The van der Waals surface area contributed by atoms with E-state index >= 15 is 0 Å². The summed E-state index contributed by atoms with van der Waals surface area (Å²) in [4.78, 5) is 17.9. The summed E-state index contributed by atoms with van der Waals surface area (Å²) in [5.74, 6) is 5.76. The predicted octanol–water partition coefficient (Wildman–Crippen LogP) is 3.10. The van der Waals surface area contributed by atoms with Crippen LogP contribution >= 0.6 is 0 Å². The van der Waals surface area contributed by atoms with E-state index in [1.54, 1.807) is 11.5 Å². The number of amides is 1. The van der Waals surface area contributed by atoms with E-state index in [-0.39, 0.29) is 5.69 Å². The van der Waals surface area contributed by atoms with Gasteiger partial charge >= 0.3 is 0 Å². The predicted molar refractivity (Wildman–Crippen MR) is 117 cm³/mol. The molecule has 0 atom stereocenters. The molecule has 0 aliphatic carbocycles. The van der Waals surface area contributed by atoms with Crippen molar-refractivity contribution in [3.05, 3.63) is 89.2 Å². The Morgan fingerprint density at radius 2 is 1.61 bits per heavy atom. The Labute approximate surface area is 181 Å². The SMILES string of the molecule is O=C(NO)c1cc(-c2ccc(C#Cc3ccc(CN4CCOCC4)cc3)cc2)ccn1. The highest BCUT2D eigenvalue weighted by atomic mass is 16.5. The van der Waals surface area contributed by atoms with E-state index in [4.69, 9.17) is 9.94 Å². The summed E-state index contributed by atoms with van der Waals surface area (Å²) in [5.41, 5.74) is 6.69. The second-order valence-electron chi connectivity index (χ2n) is 7.28. The lowest BCUT2D eigenvalue weighted by atomic mass is 10.0. The summed E-state index contributed by atoms with van der Waals surface area (Å²) in [6.45, 7) is 4.51. The highest BCUT2D eigenvalue weighted by molar-refractivity contribution is 5.92. The largest absolute Gasteiger partial charge is 0.379 e. The number of nitrogens with zero attached hydrogens (tertiary/aromatic N) is 2. The number of hydrogen-bond acceptors (Lipinski definition) is 5. The van der Waals surface area contributed by atoms with Gasteiger partial charge in [-0.1, -0.05) is 36.1 Å². The van der Waals surface area contributed by atoms with Gasteiger partial charge in [-0.15, -0.1) is 0 Å². The van der Waals surface area contributed by atoms with Gasteiger partial charge in [-0.05, 0) is 53.1 Å². The number of hydroxylamine groups is 1. The molecule has 2 heterocycles. The number of carbonyl (C=O) groups is 1. The number of benzene rings is 2. The molecule has 4 rings (SSSR count). The Hall–Kier alpha value is -3.50. The average Bonchev–Trinajstić information content (AvgIpc) is 2.84. The zero-order chi connectivity index (χ0) is 21.5. The van der Waals surface area contributed by atoms with E-state index in [0.717, 1.165) is 55.1 Å². The molecule has 1 aromatic heterocycles. The minimum Gasteiger partial charge on any atom is -0.379 e. The second-order valence-corrected chi connectivity index (χ2v) is 7.28. The molecule has 0 bridgehead atoms. The molecule has 2 N–H and O–H groups in total. The van der Waals surface area contributed by atoms with Crippen molar-refractivity contribution >= 4 is 5.91 Å². The van der Waals surface area contributed by atoms with Crippen LogP contribution in [0.15, 0.2) is 66.9 Å². The number of nitrogens with one attached hydrogen (secondary N) is 1. The van der Waals surface area contributed by atoms with Gasteiger partial charge in [0.25, 0.3) is 5.91 Å². The Bertz CT molecular complexity index is 1090. The van der Waals surface area contributed by atoms with Crippen LogP contribution in [0.4, 0.5) is 0 Å². The average molecular weight is 413 g/mol. The molecule has 0 radical (unpaired) electrons. The maximum Gasteiger partial charge on any atom is 0.293 e. The topological polar surface area (TPSA) is 74.7 Å². The molecule has 1 fully saturated rings. The van der Waals surface area contributed by atoms with Crippen LogP contribution in [0.25, 0.3) is 11.1 Å². The first kappa shape index (κ1) is 20.8. The van der Waals surface area contributed by atoms with Crippen LogP contribution in [0.3, 0.4) is 0 Å². The number of ether oxygens (including phenoxy) is 1. The number of rotatable bonds is 4. The molecule has 1 saturated heterocycles. The number of hydrogen-bond donors (Lipinski definition) is 2. The third-order valence-corrected chi connectivity index (χ3v) is 5.13. The van der Waals surface area contributed by atoms with E-state index in [1.165, 1.54) is 11.8 Å². The molecule has 156 valence electrons. The normalized spacial score (nSPS) is 13.8. The maximum atomic E-state index is 11.5. The summed E-state index contributed by atoms with van der Waals surface area (Å²) in [6, 6.07) is 19.6. The summed E-state index contributed by atoms with van der Waals surface area (Å²) in [7, 11) is 0. The number of morpholine rings is 1. The first-order valence-corrected chi connectivity index (χ1v) is 10.1. The van der Waals surface area contributed by atoms with E-state index in [2.05, 4.69) is 46.0 Å². The number of pyridine rings is 1. The highest BCUT2D eigenvalue weighted by Crippen LogP contribution is 2.20. The first-order chi connectivity index (χ1) is 15.2. The van der Waals surface area contributed by atoms with Crippen molar-refractivity contribution in [1.82, 2.24) is 15.4 Å². The smallest absolute Gasteiger partial charge is 0.293 e. The number of aromatic nitrogens is 1. The van der Waals surface area contributed by atoms with Gasteiger partial charge in [0, 0.05) is 37.0 Å². The molecular formula is C25H23N3O3. The molecule has 0 spiro atoms. The zero-order valence-electron chi connectivity index (χ0n) is 17.0. The zero-order valence-corrected chi connectivity index (χ0v) is 17.0. The van der Waals surface area contributed by atoms with Crippen LogP contribution < -0.4 is 5.48 Å². The fraction of sp³-hybridized carbons (Fsp3) is 0.200. The summed E-state index contributed by atoms with van der Waals surface area (Å²) in [6.07, 6.45) is 1.54. The maximum absolute atomic E-state index is 11.5. The highest BCUT2D eigenvalue weighted by Gasteiger charge is 2.10. The van der Waals surface area contributed by atoms with E-state index < -0.39 is 5.91 Å². The molecule has 1 aliphatic heterocycles. The summed E-state index contributed by atoms with van der Waals surface area (Å²) in [5, 5.41) is 8.77. The molecule has 0 unspecified atom stereocenters. The molecule has 3 aromatic rings. The van der Waals surface area contributed by atoms with Crippen LogP contribution in [0, 0.1) is 11.8 Å². The molecule has 2 aromatic carbocycles. The van der Waals surface area contributed by atoms with Crippen LogP contribution in [0.5, 0.6) is 0 Å². The Balaban J connectivity index is 1.41. The lowest BCUT2D eigenvalue weighted by Crippen LogP contribution is -2.35. The molecule has 1 aliphatic rings. The molecule has 1 amide bonds. The quantitative estimate of drug-likeness (QED) is 0.391. The van der Waals surface area contributed by atoms with Crippen LogP contribution in [-0.4, -0.2) is 47.3 Å². The van der Waals surface area contributed by atoms with Crippen LogP contribution in [-0.2, 0) is 11.3 Å². The van der Waals surface area contributed by atoms with Gasteiger partial charge in [0.1, 0.15) is 5.69 Å². The van der Waals surface area contributed by atoms with Gasteiger partial charge in [-0.25, -0.2) is 5.48 Å². The van der Waals surface area contributed by atoms with Crippen molar-refractivity contribution in [3.8, 4) is 23.0 Å². The molecular weight excluding hydrogens is 390 g/mol. The molecule has 0 saturated carbocycles. The monoisotopic (exact) mass is 413 g/mol. The van der Waals surface area contributed by atoms with Crippen LogP contribution in [0.2, 0.25) is 0 Å². The van der Waals surface area contributed by atoms with Gasteiger partial charge in [0.2, 0.25) is 0 Å². The van der Waals surface area contributed by atoms with Crippen molar-refractivity contribution in [2.45, 2.75) is 6.54 Å². The van der Waals surface area contributed by atoms with Crippen molar-refractivity contribution in [3.63, 3.8) is 0 Å². The minimum absolute atomic E-state index is 0.154. The fourth-order valence-electron chi connectivity index (χ4n) is 3.39.